The molecule has 0 spiro atoms. The van der Waals surface area contributed by atoms with E-state index in [0.717, 1.165) is 5.69 Å². The van der Waals surface area contributed by atoms with Gasteiger partial charge >= 0.3 is 0 Å². The van der Waals surface area contributed by atoms with Crippen LogP contribution in [0.15, 0.2) is 41.9 Å². The van der Waals surface area contributed by atoms with E-state index in [1.165, 1.54) is 6.26 Å². The summed E-state index contributed by atoms with van der Waals surface area (Å²) in [5, 5.41) is 0. The van der Waals surface area contributed by atoms with Gasteiger partial charge in [0, 0.05) is 6.20 Å². The molecule has 0 fully saturated rings. The van der Waals surface area contributed by atoms with Crippen molar-refractivity contribution in [3.8, 4) is 0 Å². The van der Waals surface area contributed by atoms with E-state index in [-0.39, 0.29) is 0 Å². The number of aliphatic imine (C=N–C) groups is 1. The number of rotatable bonds is 3. The van der Waals surface area contributed by atoms with Crippen molar-refractivity contribution in [3.63, 3.8) is 0 Å². The van der Waals surface area contributed by atoms with Crippen molar-refractivity contribution in [1.82, 2.24) is 4.98 Å². The number of hydrogen-bond donors (Lipinski definition) is 0. The predicted octanol–water partition coefficient (Wildman–Crippen LogP) is 1.62. The Morgan fingerprint density at radius 2 is 2.42 bits per heavy atom. The minimum atomic E-state index is 0.832. The summed E-state index contributed by atoms with van der Waals surface area (Å²) in [4.78, 5) is 7.99. The van der Waals surface area contributed by atoms with Crippen LogP contribution in [0.4, 0.5) is 0 Å². The molecule has 0 bridgehead atoms. The second kappa shape index (κ2) is 5.07. The third-order valence-electron chi connectivity index (χ3n) is 1.18. The Bertz CT molecular complexity index is 267. The molecule has 0 amide bonds. The standard InChI is InChI=1S/C9H10N2O/c1-12-7-6-10-8-9-4-2-3-5-11-9/h2-8H,1H3/b7-6+,10-8?. The van der Waals surface area contributed by atoms with Crippen molar-refractivity contribution in [2.45, 2.75) is 0 Å². The van der Waals surface area contributed by atoms with E-state index < -0.39 is 0 Å². The maximum atomic E-state index is 4.67. The quantitative estimate of drug-likeness (QED) is 0.500. The van der Waals surface area contributed by atoms with Crippen molar-refractivity contribution < 1.29 is 4.74 Å². The molecule has 0 atom stereocenters. The lowest BCUT2D eigenvalue weighted by Crippen LogP contribution is -1.83. The van der Waals surface area contributed by atoms with Gasteiger partial charge in [-0.2, -0.15) is 0 Å². The van der Waals surface area contributed by atoms with Gasteiger partial charge in [-0.1, -0.05) is 6.07 Å². The van der Waals surface area contributed by atoms with Crippen molar-refractivity contribution >= 4 is 6.21 Å². The molecule has 3 heteroatoms. The minimum Gasteiger partial charge on any atom is -0.503 e. The van der Waals surface area contributed by atoms with E-state index in [2.05, 4.69) is 14.7 Å². The minimum absolute atomic E-state index is 0.832. The molecule has 62 valence electrons. The van der Waals surface area contributed by atoms with Gasteiger partial charge in [-0.05, 0) is 12.1 Å². The average molecular weight is 162 g/mol. The molecule has 0 radical (unpaired) electrons. The van der Waals surface area contributed by atoms with Gasteiger partial charge in [0.15, 0.2) is 0 Å². The molecular weight excluding hydrogens is 152 g/mol. The Balaban J connectivity index is 2.52. The Kier molecular flexibility index (Phi) is 3.57. The van der Waals surface area contributed by atoms with E-state index in [1.807, 2.05) is 18.2 Å². The highest BCUT2D eigenvalue weighted by Crippen LogP contribution is 1.88. The Hall–Kier alpha value is -1.64. The zero-order valence-corrected chi connectivity index (χ0v) is 6.84. The highest BCUT2D eigenvalue weighted by atomic mass is 16.5. The molecule has 1 rings (SSSR count). The summed E-state index contributed by atoms with van der Waals surface area (Å²) >= 11 is 0. The molecule has 1 aromatic rings. The normalized spacial score (nSPS) is 11.1. The summed E-state index contributed by atoms with van der Waals surface area (Å²) in [5.74, 6) is 0. The summed E-state index contributed by atoms with van der Waals surface area (Å²) in [6.07, 6.45) is 6.45. The van der Waals surface area contributed by atoms with Crippen LogP contribution in [0.25, 0.3) is 0 Å². The van der Waals surface area contributed by atoms with Gasteiger partial charge in [-0.25, -0.2) is 0 Å². The van der Waals surface area contributed by atoms with Gasteiger partial charge in [-0.15, -0.1) is 0 Å². The van der Waals surface area contributed by atoms with Crippen LogP contribution in [0.5, 0.6) is 0 Å². The lowest BCUT2D eigenvalue weighted by atomic mass is 10.4. The number of pyridine rings is 1. The van der Waals surface area contributed by atoms with E-state index in [1.54, 1.807) is 25.7 Å². The second-order valence-corrected chi connectivity index (χ2v) is 2.05. The van der Waals surface area contributed by atoms with Crippen molar-refractivity contribution in [3.05, 3.63) is 42.6 Å². The highest BCUT2D eigenvalue weighted by molar-refractivity contribution is 5.77. The Labute approximate surface area is 71.4 Å². The monoisotopic (exact) mass is 162 g/mol. The largest absolute Gasteiger partial charge is 0.503 e. The third-order valence-corrected chi connectivity index (χ3v) is 1.18. The topological polar surface area (TPSA) is 34.5 Å². The van der Waals surface area contributed by atoms with Gasteiger partial charge in [0.2, 0.25) is 0 Å². The molecule has 0 saturated heterocycles. The molecule has 0 aliphatic heterocycles. The third kappa shape index (κ3) is 2.96. The highest BCUT2D eigenvalue weighted by Gasteiger charge is 1.81. The molecule has 0 saturated carbocycles. The first-order valence-corrected chi connectivity index (χ1v) is 3.55. The second-order valence-electron chi connectivity index (χ2n) is 2.05. The SMILES string of the molecule is CO/C=C/N=Cc1ccccn1. The molecule has 1 aromatic heterocycles. The number of aromatic nitrogens is 1. The Morgan fingerprint density at radius 1 is 1.50 bits per heavy atom. The van der Waals surface area contributed by atoms with E-state index in [0.29, 0.717) is 0 Å². The van der Waals surface area contributed by atoms with Crippen LogP contribution < -0.4 is 0 Å². The summed E-state index contributed by atoms with van der Waals surface area (Å²) < 4.78 is 4.67. The van der Waals surface area contributed by atoms with Crippen LogP contribution in [0, 0.1) is 0 Å². The molecule has 0 aliphatic rings. The van der Waals surface area contributed by atoms with Gasteiger partial charge in [0.1, 0.15) is 6.26 Å². The summed E-state index contributed by atoms with van der Waals surface area (Å²) in [5.41, 5.74) is 0.832. The van der Waals surface area contributed by atoms with Crippen molar-refractivity contribution in [2.24, 2.45) is 4.99 Å². The molecule has 0 aliphatic carbocycles. The lowest BCUT2D eigenvalue weighted by molar-refractivity contribution is 0.337. The average Bonchev–Trinajstić information content (AvgIpc) is 2.14. The van der Waals surface area contributed by atoms with Gasteiger partial charge in [-0.3, -0.25) is 9.98 Å². The summed E-state index contributed by atoms with van der Waals surface area (Å²) in [7, 11) is 1.58. The fourth-order valence-electron chi connectivity index (χ4n) is 0.668. The first-order chi connectivity index (χ1) is 5.93. The lowest BCUT2D eigenvalue weighted by Gasteiger charge is -1.87. The number of methoxy groups -OCH3 is 1. The number of ether oxygens (including phenoxy) is 1. The van der Waals surface area contributed by atoms with Crippen molar-refractivity contribution in [2.75, 3.05) is 7.11 Å². The maximum Gasteiger partial charge on any atom is 0.101 e. The molecule has 12 heavy (non-hydrogen) atoms. The van der Waals surface area contributed by atoms with E-state index in [9.17, 15) is 0 Å². The van der Waals surface area contributed by atoms with Gasteiger partial charge in [0.05, 0.1) is 25.2 Å². The van der Waals surface area contributed by atoms with Crippen LogP contribution in [-0.4, -0.2) is 18.3 Å². The fourth-order valence-corrected chi connectivity index (χ4v) is 0.668. The smallest absolute Gasteiger partial charge is 0.101 e. The molecule has 0 aromatic carbocycles. The zero-order valence-electron chi connectivity index (χ0n) is 6.84. The van der Waals surface area contributed by atoms with Gasteiger partial charge in [0.25, 0.3) is 0 Å². The predicted molar refractivity (Wildman–Crippen MR) is 48.0 cm³/mol. The maximum absolute atomic E-state index is 4.67. The first kappa shape index (κ1) is 8.46. The zero-order chi connectivity index (χ0) is 8.65. The number of hydrogen-bond acceptors (Lipinski definition) is 3. The molecule has 3 nitrogen and oxygen atoms in total. The molecule has 0 N–H and O–H groups in total. The summed E-state index contributed by atoms with van der Waals surface area (Å²) in [6.45, 7) is 0. The molecular formula is C9H10N2O. The van der Waals surface area contributed by atoms with Crippen LogP contribution in [-0.2, 0) is 4.74 Å². The molecule has 1 heterocycles. The Morgan fingerprint density at radius 3 is 3.08 bits per heavy atom. The van der Waals surface area contributed by atoms with Crippen LogP contribution in [0.2, 0.25) is 0 Å². The fraction of sp³-hybridized carbons (Fsp3) is 0.111. The van der Waals surface area contributed by atoms with E-state index >= 15 is 0 Å². The first-order valence-electron chi connectivity index (χ1n) is 3.55. The summed E-state index contributed by atoms with van der Waals surface area (Å²) in [6, 6.07) is 5.65. The van der Waals surface area contributed by atoms with Gasteiger partial charge < -0.3 is 4.74 Å². The van der Waals surface area contributed by atoms with Crippen LogP contribution in [0.3, 0.4) is 0 Å². The van der Waals surface area contributed by atoms with Crippen LogP contribution in [0.1, 0.15) is 5.69 Å². The number of nitrogens with zero attached hydrogens (tertiary/aromatic N) is 2. The van der Waals surface area contributed by atoms with Crippen molar-refractivity contribution in [1.29, 1.82) is 0 Å². The van der Waals surface area contributed by atoms with E-state index in [4.69, 9.17) is 0 Å². The van der Waals surface area contributed by atoms with Crippen LogP contribution >= 0.6 is 0 Å². The molecule has 0 unspecified atom stereocenters.